The summed E-state index contributed by atoms with van der Waals surface area (Å²) in [5.74, 6) is -2.39. The Morgan fingerprint density at radius 3 is 2.32 bits per heavy atom. The molecule has 4 aliphatic carbocycles. The van der Waals surface area contributed by atoms with Crippen LogP contribution < -0.4 is 20.7 Å². The minimum atomic E-state index is -1.54. The number of amides is 4. The second kappa shape index (κ2) is 18.8. The van der Waals surface area contributed by atoms with Gasteiger partial charge in [0.1, 0.15) is 36.3 Å². The molecule has 11 atom stereocenters. The van der Waals surface area contributed by atoms with E-state index in [0.717, 1.165) is 28.0 Å². The average molecular weight is 897 g/mol. The molecule has 1 aliphatic heterocycles. The summed E-state index contributed by atoms with van der Waals surface area (Å²) in [5.41, 5.74) is 0.631. The first-order valence-electron chi connectivity index (χ1n) is 22.3. The number of fused-ring (bicyclic) bond motifs is 5. The van der Waals surface area contributed by atoms with Crippen LogP contribution in [-0.2, 0) is 39.9 Å². The number of hydrogen-bond acceptors (Lipinski definition) is 12. The van der Waals surface area contributed by atoms with E-state index in [1.54, 1.807) is 36.4 Å². The van der Waals surface area contributed by atoms with Crippen LogP contribution in [0.3, 0.4) is 0 Å². The fourth-order valence-electron chi connectivity index (χ4n) is 11.4. The molecular formula is C49H60N4O12. The molecule has 2 aromatic rings. The Morgan fingerprint density at radius 1 is 0.938 bits per heavy atom. The number of aliphatic hydroxyl groups is 4. The molecule has 0 saturated heterocycles. The van der Waals surface area contributed by atoms with E-state index in [0.29, 0.717) is 36.3 Å². The van der Waals surface area contributed by atoms with Crippen LogP contribution in [0.4, 0.5) is 5.69 Å². The Hall–Kier alpha value is -5.52. The predicted molar refractivity (Wildman–Crippen MR) is 236 cm³/mol. The lowest BCUT2D eigenvalue weighted by molar-refractivity contribution is -0.243. The van der Waals surface area contributed by atoms with Gasteiger partial charge in [-0.3, -0.25) is 28.8 Å². The number of aliphatic hydroxyl groups excluding tert-OH is 4. The minimum Gasteiger partial charge on any atom is -0.495 e. The third-order valence-electron chi connectivity index (χ3n) is 14.8. The largest absolute Gasteiger partial charge is 0.495 e. The Labute approximate surface area is 378 Å². The molecule has 2 aromatic carbocycles. The van der Waals surface area contributed by atoms with Crippen molar-refractivity contribution in [2.75, 3.05) is 25.6 Å². The highest BCUT2D eigenvalue weighted by Crippen LogP contribution is 2.68. The molecule has 65 heavy (non-hydrogen) atoms. The lowest BCUT2D eigenvalue weighted by Gasteiger charge is -2.60. The van der Waals surface area contributed by atoms with Crippen LogP contribution in [0.5, 0.6) is 5.75 Å². The van der Waals surface area contributed by atoms with Gasteiger partial charge in [0.2, 0.25) is 23.6 Å². The Morgan fingerprint density at radius 2 is 1.65 bits per heavy atom. The number of Topliss-reactive ketones (excluding diaryl/α,β-unsaturated/α-hetero) is 1. The molecule has 3 unspecified atom stereocenters. The van der Waals surface area contributed by atoms with Crippen molar-refractivity contribution in [3.05, 3.63) is 95.1 Å². The van der Waals surface area contributed by atoms with Crippen molar-refractivity contribution in [3.8, 4) is 5.75 Å². The molecule has 0 radical (unpaired) electrons. The number of hydrogen-bond donors (Lipinski definition) is 7. The maximum atomic E-state index is 13.8. The number of carbonyl (C=O) groups excluding carboxylic acids is 6. The number of benzene rings is 2. The zero-order valence-electron chi connectivity index (χ0n) is 37.4. The molecule has 0 spiro atoms. The number of ether oxygens (including phenoxy) is 2. The number of carbonyl (C=O) groups is 6. The number of anilines is 1. The van der Waals surface area contributed by atoms with Gasteiger partial charge in [-0.1, -0.05) is 55.8 Å². The summed E-state index contributed by atoms with van der Waals surface area (Å²) in [5, 5.41) is 51.5. The van der Waals surface area contributed by atoms with Crippen LogP contribution in [0.15, 0.2) is 78.4 Å². The second-order valence-corrected chi connectivity index (χ2v) is 18.6. The van der Waals surface area contributed by atoms with E-state index in [4.69, 9.17) is 9.47 Å². The van der Waals surface area contributed by atoms with Crippen molar-refractivity contribution >= 4 is 40.9 Å². The van der Waals surface area contributed by atoms with Crippen LogP contribution in [0, 0.1) is 28.6 Å². The molecule has 3 fully saturated rings. The summed E-state index contributed by atoms with van der Waals surface area (Å²) in [6.45, 7) is 6.19. The summed E-state index contributed by atoms with van der Waals surface area (Å²) in [6, 6.07) is 10.4. The van der Waals surface area contributed by atoms with Gasteiger partial charge >= 0.3 is 0 Å². The van der Waals surface area contributed by atoms with E-state index in [1.807, 2.05) is 31.2 Å². The molecule has 7 N–H and O–H groups in total. The third-order valence-corrected chi connectivity index (χ3v) is 14.8. The van der Waals surface area contributed by atoms with Gasteiger partial charge in [0, 0.05) is 41.4 Å². The molecule has 3 saturated carbocycles. The van der Waals surface area contributed by atoms with E-state index < -0.39 is 83.2 Å². The Balaban J connectivity index is 0.949. The van der Waals surface area contributed by atoms with Crippen molar-refractivity contribution in [1.29, 1.82) is 0 Å². The van der Waals surface area contributed by atoms with Gasteiger partial charge in [-0.25, -0.2) is 0 Å². The van der Waals surface area contributed by atoms with E-state index in [-0.39, 0.29) is 49.3 Å². The van der Waals surface area contributed by atoms with Gasteiger partial charge in [0.25, 0.3) is 0 Å². The van der Waals surface area contributed by atoms with E-state index >= 15 is 0 Å². The number of methoxy groups -OCH3 is 1. The second-order valence-electron chi connectivity index (χ2n) is 18.6. The molecule has 348 valence electrons. The van der Waals surface area contributed by atoms with Crippen LogP contribution in [0.1, 0.15) is 89.2 Å². The van der Waals surface area contributed by atoms with Crippen molar-refractivity contribution in [2.24, 2.45) is 28.6 Å². The first-order chi connectivity index (χ1) is 30.8. The molecular weight excluding hydrogens is 837 g/mol. The van der Waals surface area contributed by atoms with Gasteiger partial charge in [-0.05, 0) is 106 Å². The van der Waals surface area contributed by atoms with Crippen LogP contribution >= 0.6 is 0 Å². The summed E-state index contributed by atoms with van der Waals surface area (Å²) >= 11 is 0. The fraction of sp³-hybridized carbons (Fsp3) is 0.510. The molecule has 7 rings (SSSR count). The molecule has 4 amide bonds. The summed E-state index contributed by atoms with van der Waals surface area (Å²) in [4.78, 5) is 77.3. The van der Waals surface area contributed by atoms with Gasteiger partial charge in [0.15, 0.2) is 17.9 Å². The molecule has 0 aromatic heterocycles. The molecule has 1 heterocycles. The number of nitrogens with zero attached hydrogens (tertiary/aromatic N) is 1. The lowest BCUT2D eigenvalue weighted by Crippen LogP contribution is -2.62. The van der Waals surface area contributed by atoms with Crippen molar-refractivity contribution in [2.45, 2.75) is 109 Å². The van der Waals surface area contributed by atoms with Crippen molar-refractivity contribution in [3.63, 3.8) is 0 Å². The minimum absolute atomic E-state index is 0.0249. The van der Waals surface area contributed by atoms with Gasteiger partial charge in [-0.15, -0.1) is 0 Å². The summed E-state index contributed by atoms with van der Waals surface area (Å²) in [7, 11) is 1.46. The molecule has 16 nitrogen and oxygen atoms in total. The highest BCUT2D eigenvalue weighted by atomic mass is 16.6. The maximum absolute atomic E-state index is 13.8. The first kappa shape index (κ1) is 47.4. The zero-order valence-corrected chi connectivity index (χ0v) is 37.4. The first-order valence-corrected chi connectivity index (χ1v) is 22.3. The quantitative estimate of drug-likeness (QED) is 0.120. The van der Waals surface area contributed by atoms with Gasteiger partial charge < -0.3 is 50.8 Å². The van der Waals surface area contributed by atoms with Crippen LogP contribution in [-0.4, -0.2) is 111 Å². The van der Waals surface area contributed by atoms with Crippen LogP contribution in [0.2, 0.25) is 0 Å². The maximum Gasteiger partial charge on any atom is 0.248 e. The molecule has 5 aliphatic rings. The highest BCUT2D eigenvalue weighted by molar-refractivity contribution is 6.01. The highest BCUT2D eigenvalue weighted by Gasteiger charge is 2.69. The standard InChI is InChI=1S/C49H60N4O12/c1-27(50-40(58)18-21-53-41(59)14-15-42(53)60)44(61)51-28(2)45(62)52-36-13-8-30(23-38(36)64-5)22-29-6-9-31(10-7-29)46(63)65-49(39(57)26-54)20-17-35-34-12-11-32-24-33(55)16-19-47(32,3)43(34)37(56)25-48(35,49)4/h6-10,13-16,19,23-24,27-28,34-35,37,41,43,46,54,56,59,63H,11-12,17-18,20-22,25-26H2,1-5H3,(H,50,58)(H,51,61)(H,52,62)/t27-,28-,34-,35?,37-,41?,43?,46+,47-,48-,49-/m0/s1. The monoisotopic (exact) mass is 896 g/mol. The lowest BCUT2D eigenvalue weighted by atomic mass is 9.46. The SMILES string of the molecule is COc1cc(Cc2ccc([C@H](O)O[C@]3(C(=O)CO)CCC4[C@@H]5CCC6=CC(=O)C=C[C@]6(C)C5[C@@H](O)C[C@@]43C)cc2)ccc1NC(=O)[C@H](C)NC(=O)[C@H](C)NC(=O)CCN1C(=O)C=CC1O. The van der Waals surface area contributed by atoms with E-state index in [9.17, 15) is 49.2 Å². The van der Waals surface area contributed by atoms with E-state index in [1.165, 1.54) is 33.1 Å². The van der Waals surface area contributed by atoms with Crippen molar-refractivity contribution < 1.29 is 58.7 Å². The third kappa shape index (κ3) is 9.06. The summed E-state index contributed by atoms with van der Waals surface area (Å²) in [6.07, 6.45) is 7.27. The van der Waals surface area contributed by atoms with Crippen LogP contribution in [0.25, 0.3) is 0 Å². The fourth-order valence-corrected chi connectivity index (χ4v) is 11.4. The van der Waals surface area contributed by atoms with Crippen molar-refractivity contribution in [1.82, 2.24) is 15.5 Å². The van der Waals surface area contributed by atoms with Gasteiger partial charge in [-0.2, -0.15) is 0 Å². The Bertz CT molecular complexity index is 2310. The molecule has 0 bridgehead atoms. The summed E-state index contributed by atoms with van der Waals surface area (Å²) < 4.78 is 12.1. The van der Waals surface area contributed by atoms with E-state index in [2.05, 4.69) is 22.9 Å². The Kier molecular flexibility index (Phi) is 13.7. The number of allylic oxidation sites excluding steroid dienone is 4. The van der Waals surface area contributed by atoms with Gasteiger partial charge in [0.05, 0.1) is 18.9 Å². The molecule has 16 heteroatoms. The topological polar surface area (TPSA) is 241 Å². The predicted octanol–water partition coefficient (Wildman–Crippen LogP) is 2.93. The number of rotatable bonds is 16. The number of ketones is 2. The number of nitrogens with one attached hydrogen (secondary N) is 3. The normalized spacial score (nSPS) is 30.3. The zero-order chi connectivity index (χ0) is 47.0. The smallest absolute Gasteiger partial charge is 0.248 e. The average Bonchev–Trinajstić information content (AvgIpc) is 3.76.